The number of aliphatic hydroxyl groups excluding tert-OH is 6. The molecule has 0 spiro atoms. The number of hydrogen-bond acceptors (Lipinski definition) is 11. The highest BCUT2D eigenvalue weighted by Gasteiger charge is 2.50. The van der Waals surface area contributed by atoms with E-state index in [1.807, 2.05) is 19.9 Å². The Morgan fingerprint density at radius 2 is 1.81 bits per heavy atom. The molecule has 2 aliphatic heterocycles. The van der Waals surface area contributed by atoms with Crippen LogP contribution in [0.5, 0.6) is 0 Å². The van der Waals surface area contributed by atoms with Gasteiger partial charge in [0.05, 0.1) is 32.0 Å². The van der Waals surface area contributed by atoms with Gasteiger partial charge in [0, 0.05) is 0 Å². The number of rotatable bonds is 8. The summed E-state index contributed by atoms with van der Waals surface area (Å²) >= 11 is 0. The first kappa shape index (κ1) is 25.9. The molecule has 3 aliphatic rings. The third-order valence-electron chi connectivity index (χ3n) is 6.78. The Kier molecular flexibility index (Phi) is 8.33. The summed E-state index contributed by atoms with van der Waals surface area (Å²) < 4.78 is 22.3. The fourth-order valence-electron chi connectivity index (χ4n) is 4.34. The predicted molar refractivity (Wildman–Crippen MR) is 108 cm³/mol. The van der Waals surface area contributed by atoms with Crippen molar-refractivity contribution in [3.63, 3.8) is 0 Å². The Morgan fingerprint density at radius 3 is 2.38 bits per heavy atom. The minimum atomic E-state index is -1.85. The van der Waals surface area contributed by atoms with E-state index >= 15 is 0 Å². The molecule has 0 saturated carbocycles. The van der Waals surface area contributed by atoms with E-state index < -0.39 is 60.9 Å². The van der Waals surface area contributed by atoms with Gasteiger partial charge < -0.3 is 54.7 Å². The fraction of sp³-hybridized carbons (Fsp3) is 0.905. The summed E-state index contributed by atoms with van der Waals surface area (Å²) in [6.07, 6.45) is -5.50. The lowest BCUT2D eigenvalue weighted by Gasteiger charge is -2.45. The van der Waals surface area contributed by atoms with Crippen molar-refractivity contribution in [2.45, 2.75) is 87.4 Å². The van der Waals surface area contributed by atoms with Gasteiger partial charge in [0.1, 0.15) is 36.1 Å². The molecule has 0 unspecified atom stereocenters. The Morgan fingerprint density at radius 1 is 1.09 bits per heavy atom. The molecule has 0 amide bonds. The third kappa shape index (κ3) is 5.34. The molecule has 7 N–H and O–H groups in total. The van der Waals surface area contributed by atoms with Gasteiger partial charge in [-0.3, -0.25) is 0 Å². The monoisotopic (exact) mass is 464 g/mol. The van der Waals surface area contributed by atoms with Gasteiger partial charge in [-0.05, 0) is 44.6 Å². The average Bonchev–Trinajstić information content (AvgIpc) is 3.07. The quantitative estimate of drug-likeness (QED) is 0.193. The molecular formula is C21H36O11. The summed E-state index contributed by atoms with van der Waals surface area (Å²) in [4.78, 5) is 0. The van der Waals surface area contributed by atoms with E-state index in [1.165, 1.54) is 0 Å². The van der Waals surface area contributed by atoms with E-state index in [4.69, 9.17) is 18.9 Å². The number of hydrogen-bond donors (Lipinski definition) is 7. The van der Waals surface area contributed by atoms with Crippen LogP contribution in [0, 0.1) is 5.92 Å². The maximum atomic E-state index is 10.4. The van der Waals surface area contributed by atoms with Gasteiger partial charge in [0.2, 0.25) is 0 Å². The van der Waals surface area contributed by atoms with Gasteiger partial charge in [0.25, 0.3) is 0 Å². The molecule has 11 nitrogen and oxygen atoms in total. The lowest BCUT2D eigenvalue weighted by atomic mass is 9.79. The first-order chi connectivity index (χ1) is 15.0. The first-order valence-corrected chi connectivity index (χ1v) is 10.9. The maximum absolute atomic E-state index is 10.4. The van der Waals surface area contributed by atoms with Crippen LogP contribution in [0.2, 0.25) is 0 Å². The summed E-state index contributed by atoms with van der Waals surface area (Å²) in [6.45, 7) is 2.35. The molecule has 186 valence electrons. The molecule has 0 aromatic carbocycles. The minimum absolute atomic E-state index is 0.0271. The van der Waals surface area contributed by atoms with E-state index in [0.717, 1.165) is 18.4 Å². The third-order valence-corrected chi connectivity index (χ3v) is 6.78. The molecular weight excluding hydrogens is 428 g/mol. The second kappa shape index (κ2) is 10.3. The lowest BCUT2D eigenvalue weighted by molar-refractivity contribution is -0.334. The van der Waals surface area contributed by atoms with Crippen molar-refractivity contribution in [2.75, 3.05) is 26.4 Å². The van der Waals surface area contributed by atoms with E-state index in [-0.39, 0.29) is 25.7 Å². The molecule has 2 heterocycles. The summed E-state index contributed by atoms with van der Waals surface area (Å²) in [5, 5.41) is 69.7. The van der Waals surface area contributed by atoms with Gasteiger partial charge in [-0.25, -0.2) is 0 Å². The Hall–Kier alpha value is -0.700. The van der Waals surface area contributed by atoms with Gasteiger partial charge in [0.15, 0.2) is 12.6 Å². The number of allylic oxidation sites excluding steroid dienone is 1. The van der Waals surface area contributed by atoms with E-state index in [1.54, 1.807) is 0 Å². The Bertz CT molecular complexity index is 656. The molecule has 9 atom stereocenters. The Balaban J connectivity index is 1.61. The molecule has 1 aliphatic carbocycles. The average molecular weight is 465 g/mol. The molecule has 0 aromatic heterocycles. The standard InChI is InChI=1S/C21H36O11/c1-20(2,12-5-3-11(7-22)4-6-12)32-18-16(26)15(25)14(24)13(31-18)8-29-19-17(27)21(28,9-23)10-30-19/h3,12-19,22-28H,4-10H2,1-2H3/t12-,13+,14+,15-,16+,17-,18-,19+,21+/m0/s1. The molecule has 0 radical (unpaired) electrons. The topological polar surface area (TPSA) is 179 Å². The van der Waals surface area contributed by atoms with Crippen LogP contribution in [-0.2, 0) is 18.9 Å². The normalized spacial score (nSPS) is 43.3. The van der Waals surface area contributed by atoms with Crippen LogP contribution in [-0.4, -0.2) is 116 Å². The fourth-order valence-corrected chi connectivity index (χ4v) is 4.34. The van der Waals surface area contributed by atoms with Crippen LogP contribution in [0.3, 0.4) is 0 Å². The minimum Gasteiger partial charge on any atom is -0.393 e. The zero-order chi connectivity index (χ0) is 23.7. The van der Waals surface area contributed by atoms with Crippen molar-refractivity contribution in [1.29, 1.82) is 0 Å². The second-order valence-electron chi connectivity index (χ2n) is 9.45. The number of aliphatic hydroxyl groups is 7. The molecule has 2 saturated heterocycles. The smallest absolute Gasteiger partial charge is 0.187 e. The summed E-state index contributed by atoms with van der Waals surface area (Å²) in [7, 11) is 0. The van der Waals surface area contributed by atoms with Gasteiger partial charge in [-0.2, -0.15) is 0 Å². The highest BCUT2D eigenvalue weighted by Crippen LogP contribution is 2.37. The lowest BCUT2D eigenvalue weighted by Crippen LogP contribution is -2.61. The Labute approximate surface area is 186 Å². The highest BCUT2D eigenvalue weighted by molar-refractivity contribution is 5.08. The van der Waals surface area contributed by atoms with Crippen molar-refractivity contribution in [1.82, 2.24) is 0 Å². The summed E-state index contributed by atoms with van der Waals surface area (Å²) in [5.41, 5.74) is -1.61. The zero-order valence-corrected chi connectivity index (χ0v) is 18.4. The highest BCUT2D eigenvalue weighted by atomic mass is 16.7. The SMILES string of the molecule is CC(C)(O[C@@H]1O[C@H](CO[C@@H]2OC[C@](O)(CO)[C@H]2O)[C@@H](O)[C@H](O)[C@H]1O)[C@H]1CC=C(CO)CC1. The van der Waals surface area contributed by atoms with Crippen LogP contribution in [0.25, 0.3) is 0 Å². The van der Waals surface area contributed by atoms with E-state index in [0.29, 0.717) is 6.42 Å². The summed E-state index contributed by atoms with van der Waals surface area (Å²) in [6, 6.07) is 0. The van der Waals surface area contributed by atoms with Gasteiger partial charge in [-0.15, -0.1) is 0 Å². The van der Waals surface area contributed by atoms with Crippen molar-refractivity contribution >= 4 is 0 Å². The molecule has 0 bridgehead atoms. The largest absolute Gasteiger partial charge is 0.393 e. The van der Waals surface area contributed by atoms with Gasteiger partial charge in [-0.1, -0.05) is 6.08 Å². The van der Waals surface area contributed by atoms with Gasteiger partial charge >= 0.3 is 0 Å². The van der Waals surface area contributed by atoms with Crippen LogP contribution in [0.4, 0.5) is 0 Å². The summed E-state index contributed by atoms with van der Waals surface area (Å²) in [5.74, 6) is 0.0884. The van der Waals surface area contributed by atoms with E-state index in [2.05, 4.69) is 0 Å². The molecule has 2 fully saturated rings. The van der Waals surface area contributed by atoms with Crippen molar-refractivity contribution in [2.24, 2.45) is 5.92 Å². The van der Waals surface area contributed by atoms with Crippen LogP contribution < -0.4 is 0 Å². The van der Waals surface area contributed by atoms with Crippen LogP contribution in [0.1, 0.15) is 33.1 Å². The van der Waals surface area contributed by atoms with Crippen LogP contribution >= 0.6 is 0 Å². The van der Waals surface area contributed by atoms with Crippen molar-refractivity contribution in [3.8, 4) is 0 Å². The van der Waals surface area contributed by atoms with E-state index in [9.17, 15) is 35.7 Å². The first-order valence-electron chi connectivity index (χ1n) is 10.9. The molecule has 32 heavy (non-hydrogen) atoms. The van der Waals surface area contributed by atoms with Crippen LogP contribution in [0.15, 0.2) is 11.6 Å². The molecule has 0 aromatic rings. The zero-order valence-electron chi connectivity index (χ0n) is 18.4. The van der Waals surface area contributed by atoms with Crippen molar-refractivity contribution in [3.05, 3.63) is 11.6 Å². The second-order valence-corrected chi connectivity index (χ2v) is 9.45. The van der Waals surface area contributed by atoms with Crippen molar-refractivity contribution < 1.29 is 54.7 Å². The maximum Gasteiger partial charge on any atom is 0.187 e. The molecule has 3 rings (SSSR count). The molecule has 11 heteroatoms. The predicted octanol–water partition coefficient (Wildman–Crippen LogP) is -2.23. The number of ether oxygens (including phenoxy) is 4.